The Hall–Kier alpha value is 0.0225. The first-order valence-corrected chi connectivity index (χ1v) is 26.1. The van der Waals surface area contributed by atoms with Crippen LogP contribution in [0.5, 0.6) is 0 Å². The van der Waals surface area contributed by atoms with Gasteiger partial charge in [-0.1, -0.05) is 194 Å². The van der Waals surface area contributed by atoms with Crippen LogP contribution in [-0.2, 0) is 53.5 Å². The summed E-state index contributed by atoms with van der Waals surface area (Å²) < 4.78 is 104. The Morgan fingerprint density at radius 2 is 0.455 bits per heavy atom. The van der Waals surface area contributed by atoms with Crippen LogP contribution in [0.3, 0.4) is 0 Å². The average Bonchev–Trinajstić information content (AvgIpc) is 3.07. The summed E-state index contributed by atoms with van der Waals surface area (Å²) in [6.45, 7) is 5.90. The molecule has 0 saturated heterocycles. The molecule has 55 heavy (non-hydrogen) atoms. The molecule has 0 radical (unpaired) electrons. The Bertz CT molecular complexity index is 974. The van der Waals surface area contributed by atoms with Crippen molar-refractivity contribution in [2.45, 2.75) is 213 Å². The molecule has 0 rings (SSSR count). The van der Waals surface area contributed by atoms with E-state index in [1.165, 1.54) is 96.3 Å². The van der Waals surface area contributed by atoms with Crippen LogP contribution in [0.25, 0.3) is 0 Å². The predicted molar refractivity (Wildman–Crippen MR) is 220 cm³/mol. The first-order chi connectivity index (χ1) is 25.0. The molecule has 6 N–H and O–H groups in total. The van der Waals surface area contributed by atoms with Gasteiger partial charge in [-0.25, -0.2) is 0 Å². The van der Waals surface area contributed by atoms with Crippen LogP contribution in [-0.4, -0.2) is 76.7 Å². The highest BCUT2D eigenvalue weighted by Crippen LogP contribution is 2.16. The second-order valence-corrected chi connectivity index (χ2v) is 19.9. The molecule has 0 aliphatic heterocycles. The zero-order valence-corrected chi connectivity index (χ0v) is 38.1. The molecule has 19 heteroatoms. The summed E-state index contributed by atoms with van der Waals surface area (Å²) in [5, 5.41) is 0. The number of hydrogen-bond donors (Lipinski definition) is 0. The smallest absolute Gasteiger partial charge is 0.412 e. The second kappa shape index (κ2) is 42.2. The van der Waals surface area contributed by atoms with E-state index in [0.717, 1.165) is 77.0 Å². The second-order valence-electron chi connectivity index (χ2n) is 13.8. The zero-order valence-electron chi connectivity index (χ0n) is 34.5. The Morgan fingerprint density at radius 3 is 0.636 bits per heavy atom. The van der Waals surface area contributed by atoms with Crippen molar-refractivity contribution in [3.63, 3.8) is 0 Å². The molecular weight excluding hydrogens is 796 g/mol. The highest BCUT2D eigenvalue weighted by atomic mass is 32.3. The van der Waals surface area contributed by atoms with Gasteiger partial charge in [0, 0.05) is 0 Å². The van der Waals surface area contributed by atoms with Gasteiger partial charge in [-0.05, 0) is 19.3 Å². The van der Waals surface area contributed by atoms with E-state index in [2.05, 4.69) is 20.8 Å². The third-order valence-electron chi connectivity index (χ3n) is 8.77. The Labute approximate surface area is 342 Å². The molecular formula is C36H81AlO15S3. The Morgan fingerprint density at radius 1 is 0.291 bits per heavy atom. The minimum absolute atomic E-state index is 0. The third kappa shape index (κ3) is 45.0. The largest absolute Gasteiger partial charge is 0.956 e. The van der Waals surface area contributed by atoms with Crippen molar-refractivity contribution in [3.8, 4) is 0 Å². The highest BCUT2D eigenvalue weighted by Gasteiger charge is 2.48. The summed E-state index contributed by atoms with van der Waals surface area (Å²) in [6, 6.07) is 0. The van der Waals surface area contributed by atoms with E-state index in [1.807, 2.05) is 0 Å². The van der Waals surface area contributed by atoms with E-state index >= 15 is 0 Å². The zero-order chi connectivity index (χ0) is 38.7. The lowest BCUT2D eigenvalue weighted by molar-refractivity contribution is 0.200. The van der Waals surface area contributed by atoms with Gasteiger partial charge in [0.05, 0.1) is 19.8 Å². The van der Waals surface area contributed by atoms with Crippen molar-refractivity contribution in [3.05, 3.63) is 0 Å². The van der Waals surface area contributed by atoms with Crippen molar-refractivity contribution in [1.82, 2.24) is 0 Å². The monoisotopic (exact) mass is 876 g/mol. The van der Waals surface area contributed by atoms with E-state index in [9.17, 15) is 25.3 Å². The first-order valence-electron chi connectivity index (χ1n) is 20.7. The molecule has 0 aromatic carbocycles. The van der Waals surface area contributed by atoms with Crippen molar-refractivity contribution in [1.29, 1.82) is 0 Å². The molecule has 15 nitrogen and oxygen atoms in total. The Balaban J connectivity index is -0.00000433. The molecule has 0 amide bonds. The number of hydrogen-bond acceptors (Lipinski definition) is 12. The van der Waals surface area contributed by atoms with Gasteiger partial charge in [0.25, 0.3) is 0 Å². The Kier molecular flexibility index (Phi) is 47.3. The SMILES string of the molecule is CCCCCCCCCCCCOS(=O)(=O)[O][Al]([O]S(=O)(=O)OCCCCCCCCCCCC)[O]S(=O)(=O)OCCCCCCCCCCCC.O.O.O. The van der Waals surface area contributed by atoms with Crippen LogP contribution in [0.4, 0.5) is 0 Å². The molecule has 0 aliphatic carbocycles. The van der Waals surface area contributed by atoms with Gasteiger partial charge < -0.3 is 26.1 Å². The normalized spacial score (nSPS) is 11.8. The van der Waals surface area contributed by atoms with Gasteiger partial charge in [-0.3, -0.25) is 12.5 Å². The van der Waals surface area contributed by atoms with Crippen molar-refractivity contribution in [2.75, 3.05) is 19.8 Å². The van der Waals surface area contributed by atoms with Gasteiger partial charge in [0.15, 0.2) is 0 Å². The standard InChI is InChI=1S/3C12H26O4S.Al.3H2O/c3*1-2-3-4-5-6-7-8-9-10-11-12-16-17(13,14)15;;;;/h3*2-12H2,1H3,(H,13,14,15);;3*1H2/q;;;+3;;;/p-3. The lowest BCUT2D eigenvalue weighted by Gasteiger charge is -2.14. The van der Waals surface area contributed by atoms with Gasteiger partial charge in [0.1, 0.15) is 0 Å². The van der Waals surface area contributed by atoms with E-state index in [-0.39, 0.29) is 36.2 Å². The summed E-state index contributed by atoms with van der Waals surface area (Å²) in [5.41, 5.74) is 0. The van der Waals surface area contributed by atoms with Crippen molar-refractivity contribution < 1.29 is 63.9 Å². The molecule has 0 saturated carbocycles. The van der Waals surface area contributed by atoms with Crippen LogP contribution in [0.15, 0.2) is 0 Å². The minimum Gasteiger partial charge on any atom is -0.412 e. The molecule has 0 heterocycles. The summed E-state index contributed by atoms with van der Waals surface area (Å²) in [7, 11) is -14.6. The van der Waals surface area contributed by atoms with Gasteiger partial charge >= 0.3 is 46.3 Å². The van der Waals surface area contributed by atoms with Crippen LogP contribution in [0, 0.1) is 0 Å². The van der Waals surface area contributed by atoms with E-state index in [4.69, 9.17) is 22.3 Å². The number of unbranched alkanes of at least 4 members (excludes halogenated alkanes) is 27. The quantitative estimate of drug-likeness (QED) is 0.0417. The van der Waals surface area contributed by atoms with Gasteiger partial charge in [-0.2, -0.15) is 25.3 Å². The molecule has 0 atom stereocenters. The molecule has 0 aliphatic rings. The summed E-state index contributed by atoms with van der Waals surface area (Å²) in [6.07, 6.45) is 31.1. The van der Waals surface area contributed by atoms with E-state index in [1.54, 1.807) is 0 Å². The molecule has 0 fully saturated rings. The fourth-order valence-electron chi connectivity index (χ4n) is 5.67. The molecule has 0 aromatic rings. The van der Waals surface area contributed by atoms with E-state index < -0.39 is 46.3 Å². The lowest BCUT2D eigenvalue weighted by atomic mass is 10.1. The summed E-state index contributed by atoms with van der Waals surface area (Å²) in [5.74, 6) is 0. The van der Waals surface area contributed by atoms with Crippen molar-refractivity contribution in [2.24, 2.45) is 0 Å². The van der Waals surface area contributed by atoms with Crippen LogP contribution >= 0.6 is 0 Å². The maximum Gasteiger partial charge on any atom is 0.956 e. The topological polar surface area (TPSA) is 252 Å². The first kappa shape index (κ1) is 61.7. The third-order valence-corrected chi connectivity index (χ3v) is 14.8. The maximum atomic E-state index is 12.6. The van der Waals surface area contributed by atoms with Crippen molar-refractivity contribution >= 4 is 46.3 Å². The fourth-order valence-corrected chi connectivity index (χ4v) is 10.9. The molecule has 0 bridgehead atoms. The lowest BCUT2D eigenvalue weighted by Crippen LogP contribution is -2.36. The minimum atomic E-state index is -4.86. The van der Waals surface area contributed by atoms with Crippen LogP contribution in [0.1, 0.15) is 213 Å². The average molecular weight is 877 g/mol. The van der Waals surface area contributed by atoms with Crippen LogP contribution in [0.2, 0.25) is 0 Å². The number of rotatable bonds is 42. The molecule has 0 unspecified atom stereocenters. The molecule has 0 aromatic heterocycles. The maximum absolute atomic E-state index is 12.6. The highest BCUT2D eigenvalue weighted by molar-refractivity contribution is 7.85. The van der Waals surface area contributed by atoms with Gasteiger partial charge in [-0.15, -0.1) is 0 Å². The van der Waals surface area contributed by atoms with E-state index in [0.29, 0.717) is 19.3 Å². The predicted octanol–water partition coefficient (Wildman–Crippen LogP) is 8.09. The summed E-state index contributed by atoms with van der Waals surface area (Å²) >= 11 is -4.51. The fraction of sp³-hybridized carbons (Fsp3) is 1.00. The van der Waals surface area contributed by atoms with Crippen LogP contribution < -0.4 is 0 Å². The van der Waals surface area contributed by atoms with Gasteiger partial charge in [0.2, 0.25) is 0 Å². The molecule has 0 spiro atoms. The summed E-state index contributed by atoms with van der Waals surface area (Å²) in [4.78, 5) is 0. The molecule has 336 valence electrons.